The molecule has 4 aromatic heterocycles. The quantitative estimate of drug-likeness (QED) is 0.334. The van der Waals surface area contributed by atoms with Crippen LogP contribution in [0.1, 0.15) is 39.2 Å². The average molecular weight is 489 g/mol. The highest BCUT2D eigenvalue weighted by molar-refractivity contribution is 7.99. The van der Waals surface area contributed by atoms with E-state index in [1.807, 2.05) is 4.40 Å². The summed E-state index contributed by atoms with van der Waals surface area (Å²) in [5, 5.41) is 13.5. The molecule has 4 aromatic rings. The van der Waals surface area contributed by atoms with Gasteiger partial charge in [0, 0.05) is 4.88 Å². The lowest BCUT2D eigenvalue weighted by molar-refractivity contribution is -0.113. The van der Waals surface area contributed by atoms with Crippen molar-refractivity contribution < 1.29 is 14.3 Å². The first kappa shape index (κ1) is 21.3. The van der Waals surface area contributed by atoms with Gasteiger partial charge in [-0.05, 0) is 37.7 Å². The molecule has 0 bridgehead atoms. The molecule has 0 fully saturated rings. The predicted octanol–water partition coefficient (Wildman–Crippen LogP) is 3.75. The second kappa shape index (κ2) is 8.41. The highest BCUT2D eigenvalue weighted by Crippen LogP contribution is 2.39. The number of thiazole rings is 1. The fourth-order valence-electron chi connectivity index (χ4n) is 3.84. The topological polar surface area (TPSA) is 111 Å². The Morgan fingerprint density at radius 1 is 1.34 bits per heavy atom. The number of aromatic nitrogens is 5. The Bertz CT molecular complexity index is 1360. The molecule has 166 valence electrons. The van der Waals surface area contributed by atoms with Crippen molar-refractivity contribution in [3.63, 3.8) is 0 Å². The van der Waals surface area contributed by atoms with E-state index in [1.54, 1.807) is 24.6 Å². The van der Waals surface area contributed by atoms with Gasteiger partial charge in [0.2, 0.25) is 5.91 Å². The minimum absolute atomic E-state index is 0.129. The molecule has 0 radical (unpaired) electrons. The first-order valence-electron chi connectivity index (χ1n) is 10.1. The molecule has 32 heavy (non-hydrogen) atoms. The van der Waals surface area contributed by atoms with E-state index < -0.39 is 5.97 Å². The van der Waals surface area contributed by atoms with Crippen molar-refractivity contribution >= 4 is 67.3 Å². The highest BCUT2D eigenvalue weighted by Gasteiger charge is 2.24. The number of fused-ring (bicyclic) bond motifs is 5. The predicted molar refractivity (Wildman–Crippen MR) is 125 cm³/mol. The van der Waals surface area contributed by atoms with Gasteiger partial charge in [-0.25, -0.2) is 14.8 Å². The van der Waals surface area contributed by atoms with Gasteiger partial charge in [0.15, 0.2) is 15.9 Å². The number of nitrogens with one attached hydrogen (secondary N) is 1. The third-order valence-corrected chi connectivity index (χ3v) is 8.58. The molecule has 1 aliphatic carbocycles. The zero-order chi connectivity index (χ0) is 22.4. The number of nitrogens with zero attached hydrogens (tertiary/aromatic N) is 5. The molecule has 1 amide bonds. The standard InChI is InChI=1S/C20H20N6O3S3/c1-9-4-5-11-12(6-9)31-17-14(11)16-24-25-20(26(16)8-21-17)30-7-13(27)23-19-22-10(2)15(32-19)18(28)29-3/h8-9H,4-7H2,1-3H3,(H,22,23,27)/t9-/m1/s1. The lowest BCUT2D eigenvalue weighted by Gasteiger charge is -2.17. The van der Waals surface area contributed by atoms with Gasteiger partial charge in [-0.1, -0.05) is 30.0 Å². The summed E-state index contributed by atoms with van der Waals surface area (Å²) in [6, 6.07) is 0. The number of aryl methyl sites for hydroxylation is 2. The van der Waals surface area contributed by atoms with Crippen LogP contribution in [0.15, 0.2) is 11.5 Å². The van der Waals surface area contributed by atoms with E-state index in [4.69, 9.17) is 4.74 Å². The van der Waals surface area contributed by atoms with Crippen molar-refractivity contribution in [1.82, 2.24) is 24.6 Å². The highest BCUT2D eigenvalue weighted by atomic mass is 32.2. The number of methoxy groups -OCH3 is 1. The van der Waals surface area contributed by atoms with Crippen LogP contribution in [0.3, 0.4) is 0 Å². The fourth-order valence-corrected chi connectivity index (χ4v) is 6.78. The lowest BCUT2D eigenvalue weighted by Crippen LogP contribution is -2.14. The first-order valence-corrected chi connectivity index (χ1v) is 12.7. The molecule has 1 atom stereocenters. The minimum atomic E-state index is -0.464. The number of anilines is 1. The summed E-state index contributed by atoms with van der Waals surface area (Å²) in [7, 11) is 1.31. The Morgan fingerprint density at radius 3 is 3.00 bits per heavy atom. The van der Waals surface area contributed by atoms with Crippen molar-refractivity contribution in [2.45, 2.75) is 38.3 Å². The summed E-state index contributed by atoms with van der Waals surface area (Å²) in [6.45, 7) is 3.99. The number of esters is 1. The molecule has 0 saturated heterocycles. The largest absolute Gasteiger partial charge is 0.465 e. The van der Waals surface area contributed by atoms with Crippen molar-refractivity contribution in [2.24, 2.45) is 5.92 Å². The van der Waals surface area contributed by atoms with Crippen LogP contribution < -0.4 is 5.32 Å². The number of carbonyl (C=O) groups excluding carboxylic acids is 2. The van der Waals surface area contributed by atoms with Crippen molar-refractivity contribution in [2.75, 3.05) is 18.2 Å². The number of thioether (sulfide) groups is 1. The van der Waals surface area contributed by atoms with E-state index in [-0.39, 0.29) is 11.7 Å². The maximum Gasteiger partial charge on any atom is 0.350 e. The second-order valence-corrected chi connectivity index (χ2v) is 10.7. The fraction of sp³-hybridized carbons (Fsp3) is 0.400. The van der Waals surface area contributed by atoms with Crippen LogP contribution in [0.4, 0.5) is 5.13 Å². The van der Waals surface area contributed by atoms with Gasteiger partial charge in [-0.15, -0.1) is 21.5 Å². The molecule has 0 unspecified atom stereocenters. The first-order chi connectivity index (χ1) is 15.4. The molecule has 0 spiro atoms. The lowest BCUT2D eigenvalue weighted by atomic mass is 9.89. The van der Waals surface area contributed by atoms with Crippen LogP contribution in [0, 0.1) is 12.8 Å². The normalized spacial score (nSPS) is 15.8. The Kier molecular flexibility index (Phi) is 5.59. The minimum Gasteiger partial charge on any atom is -0.465 e. The van der Waals surface area contributed by atoms with Crippen molar-refractivity contribution in [3.8, 4) is 0 Å². The summed E-state index contributed by atoms with van der Waals surface area (Å²) in [6.07, 6.45) is 5.03. The molecule has 1 N–H and O–H groups in total. The van der Waals surface area contributed by atoms with Gasteiger partial charge in [0.25, 0.3) is 0 Å². The summed E-state index contributed by atoms with van der Waals surface area (Å²) in [5.74, 6) is 0.116. The molecule has 0 aliphatic heterocycles. The van der Waals surface area contributed by atoms with Gasteiger partial charge in [-0.2, -0.15) is 0 Å². The number of carbonyl (C=O) groups is 2. The van der Waals surface area contributed by atoms with Crippen LogP contribution in [0.5, 0.6) is 0 Å². The van der Waals surface area contributed by atoms with Crippen LogP contribution in [0.2, 0.25) is 0 Å². The van der Waals surface area contributed by atoms with E-state index in [9.17, 15) is 9.59 Å². The van der Waals surface area contributed by atoms with E-state index in [0.717, 1.165) is 40.0 Å². The summed E-state index contributed by atoms with van der Waals surface area (Å²) in [5.41, 5.74) is 2.67. The number of thiophene rings is 1. The summed E-state index contributed by atoms with van der Waals surface area (Å²) < 4.78 is 6.58. The third-order valence-electron chi connectivity index (χ3n) is 5.42. The van der Waals surface area contributed by atoms with E-state index >= 15 is 0 Å². The van der Waals surface area contributed by atoms with Gasteiger partial charge >= 0.3 is 5.97 Å². The molecule has 0 saturated carbocycles. The number of rotatable bonds is 5. The van der Waals surface area contributed by atoms with Crippen LogP contribution in [0.25, 0.3) is 15.9 Å². The third kappa shape index (κ3) is 3.76. The molecule has 5 rings (SSSR count). The number of hydrogen-bond acceptors (Lipinski definition) is 10. The van der Waals surface area contributed by atoms with Gasteiger partial charge < -0.3 is 10.1 Å². The van der Waals surface area contributed by atoms with E-state index in [1.165, 1.54) is 35.7 Å². The number of amides is 1. The Morgan fingerprint density at radius 2 is 2.19 bits per heavy atom. The van der Waals surface area contributed by atoms with Gasteiger partial charge in [0.05, 0.1) is 23.9 Å². The second-order valence-electron chi connectivity index (χ2n) is 7.71. The molecule has 12 heteroatoms. The smallest absolute Gasteiger partial charge is 0.350 e. The monoisotopic (exact) mass is 488 g/mol. The molecule has 4 heterocycles. The Hall–Kier alpha value is -2.57. The molecular formula is C20H20N6O3S3. The molecule has 9 nitrogen and oxygen atoms in total. The summed E-state index contributed by atoms with van der Waals surface area (Å²) >= 11 is 4.13. The average Bonchev–Trinajstić information content (AvgIpc) is 3.45. The number of ether oxygens (including phenoxy) is 1. The van der Waals surface area contributed by atoms with E-state index in [0.29, 0.717) is 26.8 Å². The van der Waals surface area contributed by atoms with E-state index in [2.05, 4.69) is 32.4 Å². The van der Waals surface area contributed by atoms with Crippen LogP contribution in [-0.2, 0) is 22.4 Å². The SMILES string of the molecule is COC(=O)c1sc(NC(=O)CSc2nnc3c4c5c(sc4ncn23)C[C@H](C)CC5)nc1C. The molecule has 1 aliphatic rings. The van der Waals surface area contributed by atoms with Crippen molar-refractivity contribution in [1.29, 1.82) is 0 Å². The zero-order valence-corrected chi connectivity index (χ0v) is 20.1. The van der Waals surface area contributed by atoms with Gasteiger partial charge in [0.1, 0.15) is 16.0 Å². The maximum atomic E-state index is 12.4. The number of hydrogen-bond donors (Lipinski definition) is 1. The molecule has 0 aromatic carbocycles. The van der Waals surface area contributed by atoms with Crippen LogP contribution in [-0.4, -0.2) is 49.3 Å². The van der Waals surface area contributed by atoms with Gasteiger partial charge in [-0.3, -0.25) is 9.20 Å². The van der Waals surface area contributed by atoms with Crippen molar-refractivity contribution in [3.05, 3.63) is 27.3 Å². The maximum absolute atomic E-state index is 12.4. The Balaban J connectivity index is 1.33. The summed E-state index contributed by atoms with van der Waals surface area (Å²) in [4.78, 5) is 35.8. The van der Waals surface area contributed by atoms with Crippen LogP contribution >= 0.6 is 34.4 Å². The molecular weight excluding hydrogens is 468 g/mol. The Labute approximate surface area is 195 Å². The zero-order valence-electron chi connectivity index (χ0n) is 17.7.